The lowest BCUT2D eigenvalue weighted by molar-refractivity contribution is 0.444. The number of hydrogen-bond acceptors (Lipinski definition) is 1. The first-order valence-corrected chi connectivity index (χ1v) is 8.67. The molecular weight excluding hydrogens is 242 g/mol. The standard InChI is InChI=1S/C19H31N/c1-3-5-7-17-11-14-19(15-12-17)20-18-9-6-8-16(4-2)10-13-18/h11-12,14-16,18,20H,3-10,13H2,1-2H3. The largest absolute Gasteiger partial charge is 0.382 e. The molecule has 1 aromatic rings. The van der Waals surface area contributed by atoms with Gasteiger partial charge in [0.25, 0.3) is 0 Å². The maximum Gasteiger partial charge on any atom is 0.0342 e. The summed E-state index contributed by atoms with van der Waals surface area (Å²) in [6.07, 6.45) is 12.1. The predicted octanol–water partition coefficient (Wildman–Crippen LogP) is 5.80. The van der Waals surface area contributed by atoms with Gasteiger partial charge < -0.3 is 5.32 Å². The summed E-state index contributed by atoms with van der Waals surface area (Å²) >= 11 is 0. The summed E-state index contributed by atoms with van der Waals surface area (Å²) in [7, 11) is 0. The monoisotopic (exact) mass is 273 g/mol. The summed E-state index contributed by atoms with van der Waals surface area (Å²) in [5, 5.41) is 3.75. The van der Waals surface area contributed by atoms with Crippen molar-refractivity contribution in [3.63, 3.8) is 0 Å². The minimum Gasteiger partial charge on any atom is -0.382 e. The summed E-state index contributed by atoms with van der Waals surface area (Å²) in [6, 6.07) is 9.82. The van der Waals surface area contributed by atoms with Crippen molar-refractivity contribution in [3.05, 3.63) is 29.8 Å². The van der Waals surface area contributed by atoms with Crippen LogP contribution in [0.3, 0.4) is 0 Å². The fraction of sp³-hybridized carbons (Fsp3) is 0.684. The van der Waals surface area contributed by atoms with Crippen molar-refractivity contribution >= 4 is 5.69 Å². The second kappa shape index (κ2) is 8.34. The van der Waals surface area contributed by atoms with E-state index in [1.807, 2.05) is 0 Å². The Bertz CT molecular complexity index is 368. The lowest BCUT2D eigenvalue weighted by Crippen LogP contribution is -2.18. The predicted molar refractivity (Wildman–Crippen MR) is 89.3 cm³/mol. The molecule has 1 heteroatoms. The maximum absolute atomic E-state index is 3.75. The molecule has 0 spiro atoms. The van der Waals surface area contributed by atoms with Crippen molar-refractivity contribution in [1.29, 1.82) is 0 Å². The van der Waals surface area contributed by atoms with E-state index in [4.69, 9.17) is 0 Å². The first kappa shape index (κ1) is 15.4. The molecule has 2 unspecified atom stereocenters. The van der Waals surface area contributed by atoms with E-state index in [2.05, 4.69) is 43.4 Å². The molecule has 0 aliphatic heterocycles. The van der Waals surface area contributed by atoms with E-state index in [1.165, 1.54) is 69.0 Å². The number of anilines is 1. The molecule has 0 aromatic heterocycles. The van der Waals surface area contributed by atoms with Crippen molar-refractivity contribution in [3.8, 4) is 0 Å². The number of aryl methyl sites for hydroxylation is 1. The molecule has 0 bridgehead atoms. The van der Waals surface area contributed by atoms with Crippen molar-refractivity contribution in [1.82, 2.24) is 0 Å². The Kier molecular flexibility index (Phi) is 6.42. The molecular formula is C19H31N. The number of nitrogens with one attached hydrogen (secondary N) is 1. The van der Waals surface area contributed by atoms with E-state index >= 15 is 0 Å². The van der Waals surface area contributed by atoms with Crippen LogP contribution >= 0.6 is 0 Å². The zero-order valence-electron chi connectivity index (χ0n) is 13.3. The van der Waals surface area contributed by atoms with Crippen molar-refractivity contribution < 1.29 is 0 Å². The third-order valence-electron chi connectivity index (χ3n) is 4.81. The van der Waals surface area contributed by atoms with Gasteiger partial charge in [-0.25, -0.2) is 0 Å². The minimum absolute atomic E-state index is 0.688. The van der Waals surface area contributed by atoms with Crippen LogP contribution in [0.2, 0.25) is 0 Å². The summed E-state index contributed by atoms with van der Waals surface area (Å²) in [5.41, 5.74) is 2.79. The fourth-order valence-electron chi connectivity index (χ4n) is 3.32. The van der Waals surface area contributed by atoms with Gasteiger partial charge in [-0.1, -0.05) is 51.7 Å². The molecule has 1 nitrogen and oxygen atoms in total. The molecule has 1 saturated carbocycles. The minimum atomic E-state index is 0.688. The Balaban J connectivity index is 1.83. The Hall–Kier alpha value is -0.980. The third-order valence-corrected chi connectivity index (χ3v) is 4.81. The highest BCUT2D eigenvalue weighted by Crippen LogP contribution is 2.27. The first-order chi connectivity index (χ1) is 9.81. The summed E-state index contributed by atoms with van der Waals surface area (Å²) in [4.78, 5) is 0. The third kappa shape index (κ3) is 4.85. The van der Waals surface area contributed by atoms with Gasteiger partial charge in [0.05, 0.1) is 0 Å². The van der Waals surface area contributed by atoms with E-state index in [0.29, 0.717) is 6.04 Å². The fourth-order valence-corrected chi connectivity index (χ4v) is 3.32. The number of benzene rings is 1. The van der Waals surface area contributed by atoms with Crippen molar-refractivity contribution in [2.45, 2.75) is 77.7 Å². The molecule has 0 saturated heterocycles. The van der Waals surface area contributed by atoms with Crippen LogP contribution in [0.15, 0.2) is 24.3 Å². The Morgan fingerprint density at radius 3 is 2.50 bits per heavy atom. The molecule has 2 rings (SSSR count). The van der Waals surface area contributed by atoms with Gasteiger partial charge in [0, 0.05) is 11.7 Å². The molecule has 1 aliphatic carbocycles. The summed E-state index contributed by atoms with van der Waals surface area (Å²) in [5.74, 6) is 0.971. The highest BCUT2D eigenvalue weighted by atomic mass is 14.9. The molecule has 0 heterocycles. The second-order valence-corrected chi connectivity index (χ2v) is 6.42. The molecule has 1 N–H and O–H groups in total. The van der Waals surface area contributed by atoms with E-state index in [1.54, 1.807) is 0 Å². The van der Waals surface area contributed by atoms with Crippen LogP contribution in [0.25, 0.3) is 0 Å². The van der Waals surface area contributed by atoms with Crippen LogP contribution in [0.5, 0.6) is 0 Å². The van der Waals surface area contributed by atoms with Gasteiger partial charge >= 0.3 is 0 Å². The average molecular weight is 273 g/mol. The molecule has 1 aliphatic rings. The number of rotatable bonds is 6. The second-order valence-electron chi connectivity index (χ2n) is 6.42. The molecule has 112 valence electrons. The summed E-state index contributed by atoms with van der Waals surface area (Å²) in [6.45, 7) is 4.60. The van der Waals surface area contributed by atoms with E-state index in [9.17, 15) is 0 Å². The molecule has 0 radical (unpaired) electrons. The number of unbranched alkanes of at least 4 members (excludes halogenated alkanes) is 1. The Morgan fingerprint density at radius 1 is 1.00 bits per heavy atom. The number of hydrogen-bond donors (Lipinski definition) is 1. The molecule has 1 fully saturated rings. The van der Waals surface area contributed by atoms with Crippen LogP contribution in [0.4, 0.5) is 5.69 Å². The van der Waals surface area contributed by atoms with Crippen molar-refractivity contribution in [2.24, 2.45) is 5.92 Å². The van der Waals surface area contributed by atoms with Gasteiger partial charge in [-0.2, -0.15) is 0 Å². The molecule has 20 heavy (non-hydrogen) atoms. The SMILES string of the molecule is CCCCc1ccc(NC2CCCC(CC)CC2)cc1. The zero-order valence-corrected chi connectivity index (χ0v) is 13.3. The smallest absolute Gasteiger partial charge is 0.0342 e. The lowest BCUT2D eigenvalue weighted by Gasteiger charge is -2.18. The normalized spacial score (nSPS) is 23.3. The van der Waals surface area contributed by atoms with Crippen LogP contribution in [0, 0.1) is 5.92 Å². The highest BCUT2D eigenvalue weighted by Gasteiger charge is 2.17. The van der Waals surface area contributed by atoms with Gasteiger partial charge in [0.15, 0.2) is 0 Å². The zero-order chi connectivity index (χ0) is 14.2. The quantitative estimate of drug-likeness (QED) is 0.646. The topological polar surface area (TPSA) is 12.0 Å². The van der Waals surface area contributed by atoms with Crippen LogP contribution in [0.1, 0.15) is 70.8 Å². The van der Waals surface area contributed by atoms with E-state index < -0.39 is 0 Å². The van der Waals surface area contributed by atoms with Crippen LogP contribution < -0.4 is 5.32 Å². The van der Waals surface area contributed by atoms with Crippen LogP contribution in [-0.2, 0) is 6.42 Å². The van der Waals surface area contributed by atoms with Gasteiger partial charge in [0.2, 0.25) is 0 Å². The van der Waals surface area contributed by atoms with E-state index in [-0.39, 0.29) is 0 Å². The molecule has 1 aromatic carbocycles. The van der Waals surface area contributed by atoms with Gasteiger partial charge in [-0.3, -0.25) is 0 Å². The van der Waals surface area contributed by atoms with Gasteiger partial charge in [0.1, 0.15) is 0 Å². The van der Waals surface area contributed by atoms with Gasteiger partial charge in [-0.05, 0) is 55.7 Å². The first-order valence-electron chi connectivity index (χ1n) is 8.67. The molecule has 2 atom stereocenters. The summed E-state index contributed by atoms with van der Waals surface area (Å²) < 4.78 is 0. The van der Waals surface area contributed by atoms with Crippen molar-refractivity contribution in [2.75, 3.05) is 5.32 Å². The van der Waals surface area contributed by atoms with E-state index in [0.717, 1.165) is 5.92 Å². The highest BCUT2D eigenvalue weighted by molar-refractivity contribution is 5.45. The maximum atomic E-state index is 3.75. The molecule has 0 amide bonds. The Morgan fingerprint density at radius 2 is 1.80 bits per heavy atom. The Labute approximate surface area is 125 Å². The lowest BCUT2D eigenvalue weighted by atomic mass is 9.98. The van der Waals surface area contributed by atoms with Crippen LogP contribution in [-0.4, -0.2) is 6.04 Å². The average Bonchev–Trinajstić information content (AvgIpc) is 2.72. The van der Waals surface area contributed by atoms with Gasteiger partial charge in [-0.15, -0.1) is 0 Å².